The summed E-state index contributed by atoms with van der Waals surface area (Å²) in [6.45, 7) is 2.26. The minimum absolute atomic E-state index is 0.0467. The van der Waals surface area contributed by atoms with Crippen molar-refractivity contribution < 1.29 is 23.6 Å². The van der Waals surface area contributed by atoms with Gasteiger partial charge in [-0.2, -0.15) is 0 Å². The summed E-state index contributed by atoms with van der Waals surface area (Å²) < 4.78 is 11.1. The number of ether oxygens (including phenoxy) is 1. The molecule has 2 aromatic rings. The Hall–Kier alpha value is -4.08. The molecule has 0 fully saturated rings. The van der Waals surface area contributed by atoms with Crippen molar-refractivity contribution in [2.24, 2.45) is 0 Å². The lowest BCUT2D eigenvalue weighted by Crippen LogP contribution is -2.49. The van der Waals surface area contributed by atoms with E-state index in [-0.39, 0.29) is 24.2 Å². The van der Waals surface area contributed by atoms with Crippen LogP contribution in [0.4, 0.5) is 16.2 Å². The van der Waals surface area contributed by atoms with E-state index in [1.807, 2.05) is 19.1 Å². The number of hydrogen-bond donors (Lipinski definition) is 3. The van der Waals surface area contributed by atoms with Crippen molar-refractivity contribution >= 4 is 29.2 Å². The van der Waals surface area contributed by atoms with Crippen molar-refractivity contribution in [1.82, 2.24) is 15.8 Å². The number of urea groups is 1. The number of carbonyl (C=O) groups excluding carboxylic acids is 3. The third-order valence-corrected chi connectivity index (χ3v) is 5.55. The SMILES string of the molecule is CCNC(=O)Nc1ccc2c(c1)N(C)C(=O)[C@@H](NC(=O)c1cc(CC3=CC=CCC3)on1)CO2. The van der Waals surface area contributed by atoms with Gasteiger partial charge in [-0.3, -0.25) is 9.59 Å². The summed E-state index contributed by atoms with van der Waals surface area (Å²) in [4.78, 5) is 39.0. The molecule has 2 aliphatic rings. The van der Waals surface area contributed by atoms with E-state index in [9.17, 15) is 14.4 Å². The Morgan fingerprint density at radius 2 is 2.12 bits per heavy atom. The van der Waals surface area contributed by atoms with Crippen LogP contribution in [0, 0.1) is 0 Å². The highest BCUT2D eigenvalue weighted by atomic mass is 16.5. The number of rotatable bonds is 6. The first-order valence-corrected chi connectivity index (χ1v) is 11.1. The lowest BCUT2D eigenvalue weighted by molar-refractivity contribution is -0.120. The zero-order valence-corrected chi connectivity index (χ0v) is 19.1. The molecule has 1 aliphatic carbocycles. The first-order chi connectivity index (χ1) is 16.4. The summed E-state index contributed by atoms with van der Waals surface area (Å²) in [5.41, 5.74) is 2.30. The van der Waals surface area contributed by atoms with Gasteiger partial charge in [-0.1, -0.05) is 29.0 Å². The standard InChI is InChI=1S/C24H27N5O5/c1-3-25-24(32)26-16-9-10-21-20(12-16)29(2)23(31)19(14-33-21)27-22(30)18-13-17(34-28-18)11-15-7-5-4-6-8-15/h4-5,7,9-10,12-13,19H,3,6,8,11,14H2,1-2H3,(H,27,30)(H2,25,26,32)/t19-/m0/s1. The van der Waals surface area contributed by atoms with Crippen LogP contribution in [-0.4, -0.2) is 49.2 Å². The van der Waals surface area contributed by atoms with Gasteiger partial charge in [0.15, 0.2) is 5.69 Å². The highest BCUT2D eigenvalue weighted by molar-refractivity contribution is 6.03. The van der Waals surface area contributed by atoms with E-state index in [0.717, 1.165) is 12.8 Å². The van der Waals surface area contributed by atoms with Crippen molar-refractivity contribution in [3.63, 3.8) is 0 Å². The van der Waals surface area contributed by atoms with Gasteiger partial charge >= 0.3 is 6.03 Å². The summed E-state index contributed by atoms with van der Waals surface area (Å²) in [6.07, 6.45) is 8.66. The van der Waals surface area contributed by atoms with Gasteiger partial charge in [-0.25, -0.2) is 4.79 Å². The zero-order valence-electron chi connectivity index (χ0n) is 19.1. The van der Waals surface area contributed by atoms with Gasteiger partial charge in [0.25, 0.3) is 11.8 Å². The van der Waals surface area contributed by atoms with Gasteiger partial charge in [0.05, 0.1) is 5.69 Å². The van der Waals surface area contributed by atoms with Crippen molar-refractivity contribution in [2.45, 2.75) is 32.2 Å². The lowest BCUT2D eigenvalue weighted by atomic mass is 10.0. The average Bonchev–Trinajstić information content (AvgIpc) is 3.26. The maximum absolute atomic E-state index is 13.1. The second kappa shape index (κ2) is 10.2. The smallest absolute Gasteiger partial charge is 0.319 e. The molecular weight excluding hydrogens is 438 g/mol. The van der Waals surface area contributed by atoms with E-state index in [4.69, 9.17) is 9.26 Å². The molecule has 178 valence electrons. The number of benzene rings is 1. The Balaban J connectivity index is 1.42. The van der Waals surface area contributed by atoms with Gasteiger partial charge in [0.1, 0.15) is 24.2 Å². The minimum atomic E-state index is -0.920. The van der Waals surface area contributed by atoms with Crippen molar-refractivity contribution in [2.75, 3.05) is 30.4 Å². The molecule has 34 heavy (non-hydrogen) atoms. The van der Waals surface area contributed by atoms with Gasteiger partial charge in [-0.05, 0) is 38.0 Å². The predicted octanol–water partition coefficient (Wildman–Crippen LogP) is 2.79. The number of nitrogens with one attached hydrogen (secondary N) is 3. The molecule has 0 saturated heterocycles. The van der Waals surface area contributed by atoms with Gasteiger partial charge in [0.2, 0.25) is 0 Å². The summed E-state index contributed by atoms with van der Waals surface area (Å²) in [6, 6.07) is 5.32. The average molecular weight is 466 g/mol. The van der Waals surface area contributed by atoms with Gasteiger partial charge in [-0.15, -0.1) is 0 Å². The van der Waals surface area contributed by atoms with Crippen molar-refractivity contribution in [1.29, 1.82) is 0 Å². The van der Waals surface area contributed by atoms with E-state index >= 15 is 0 Å². The van der Waals surface area contributed by atoms with E-state index in [1.165, 1.54) is 10.5 Å². The molecule has 4 rings (SSSR count). The monoisotopic (exact) mass is 465 g/mol. The molecule has 2 heterocycles. The minimum Gasteiger partial charge on any atom is -0.489 e. The van der Waals surface area contributed by atoms with Crippen LogP contribution in [0.5, 0.6) is 5.75 Å². The normalized spacial score (nSPS) is 17.2. The Morgan fingerprint density at radius 1 is 1.26 bits per heavy atom. The first-order valence-electron chi connectivity index (χ1n) is 11.1. The Morgan fingerprint density at radius 3 is 2.88 bits per heavy atom. The second-order valence-corrected chi connectivity index (χ2v) is 8.05. The number of anilines is 2. The number of aromatic nitrogens is 1. The van der Waals surface area contributed by atoms with E-state index in [0.29, 0.717) is 35.9 Å². The Kier molecular flexibility index (Phi) is 6.95. The van der Waals surface area contributed by atoms with E-state index in [2.05, 4.69) is 27.2 Å². The molecule has 4 amide bonds. The third kappa shape index (κ3) is 5.28. The predicted molar refractivity (Wildman–Crippen MR) is 126 cm³/mol. The number of fused-ring (bicyclic) bond motifs is 1. The molecule has 10 heteroatoms. The maximum Gasteiger partial charge on any atom is 0.319 e. The van der Waals surface area contributed by atoms with Gasteiger partial charge in [0, 0.05) is 31.8 Å². The number of hydrogen-bond acceptors (Lipinski definition) is 6. The topological polar surface area (TPSA) is 126 Å². The molecule has 0 saturated carbocycles. The Bertz CT molecular complexity index is 1150. The van der Waals surface area contributed by atoms with Crippen LogP contribution in [0.15, 0.2) is 52.6 Å². The molecule has 0 unspecified atom stereocenters. The number of amides is 4. The molecule has 1 aromatic carbocycles. The van der Waals surface area contributed by atoms with Crippen LogP contribution in [0.2, 0.25) is 0 Å². The fraction of sp³-hybridized carbons (Fsp3) is 0.333. The number of carbonyl (C=O) groups is 3. The fourth-order valence-electron chi connectivity index (χ4n) is 3.77. The molecule has 1 aromatic heterocycles. The molecule has 1 atom stereocenters. The van der Waals surface area contributed by atoms with Crippen LogP contribution >= 0.6 is 0 Å². The molecular formula is C24H27N5O5. The summed E-state index contributed by atoms with van der Waals surface area (Å²) in [5.74, 6) is 0.178. The number of likely N-dealkylation sites (N-methyl/N-ethyl adjacent to an activating group) is 1. The second-order valence-electron chi connectivity index (χ2n) is 8.05. The molecule has 0 bridgehead atoms. The quantitative estimate of drug-likeness (QED) is 0.602. The number of allylic oxidation sites excluding steroid dienone is 4. The molecule has 3 N–H and O–H groups in total. The fourth-order valence-corrected chi connectivity index (χ4v) is 3.77. The molecule has 1 aliphatic heterocycles. The molecule has 0 spiro atoms. The van der Waals surface area contributed by atoms with Crippen LogP contribution in [0.3, 0.4) is 0 Å². The molecule has 10 nitrogen and oxygen atoms in total. The highest BCUT2D eigenvalue weighted by Crippen LogP contribution is 2.33. The first kappa shape index (κ1) is 23.1. The van der Waals surface area contributed by atoms with Crippen LogP contribution in [0.25, 0.3) is 0 Å². The van der Waals surface area contributed by atoms with Crippen LogP contribution < -0.4 is 25.6 Å². The van der Waals surface area contributed by atoms with E-state index in [1.54, 1.807) is 31.3 Å². The largest absolute Gasteiger partial charge is 0.489 e. The highest BCUT2D eigenvalue weighted by Gasteiger charge is 2.31. The summed E-state index contributed by atoms with van der Waals surface area (Å²) >= 11 is 0. The van der Waals surface area contributed by atoms with E-state index < -0.39 is 11.9 Å². The van der Waals surface area contributed by atoms with Crippen LogP contribution in [-0.2, 0) is 11.2 Å². The lowest BCUT2D eigenvalue weighted by Gasteiger charge is -2.20. The van der Waals surface area contributed by atoms with Crippen molar-refractivity contribution in [3.05, 3.63) is 59.5 Å². The zero-order chi connectivity index (χ0) is 24.1. The Labute approximate surface area is 197 Å². The van der Waals surface area contributed by atoms with Crippen molar-refractivity contribution in [3.8, 4) is 5.75 Å². The van der Waals surface area contributed by atoms with Gasteiger partial charge < -0.3 is 30.1 Å². The third-order valence-electron chi connectivity index (χ3n) is 5.55. The summed E-state index contributed by atoms with van der Waals surface area (Å²) in [7, 11) is 1.59. The summed E-state index contributed by atoms with van der Waals surface area (Å²) in [5, 5.41) is 11.9. The molecule has 0 radical (unpaired) electrons. The van der Waals surface area contributed by atoms with Crippen LogP contribution in [0.1, 0.15) is 36.0 Å². The number of nitrogens with zero attached hydrogens (tertiary/aromatic N) is 2. The maximum atomic E-state index is 13.1.